The molecule has 3 rings (SSSR count). The summed E-state index contributed by atoms with van der Waals surface area (Å²) in [5.41, 5.74) is 1.44. The number of thioether (sulfide) groups is 1. The fourth-order valence-corrected chi connectivity index (χ4v) is 3.15. The molecule has 0 atom stereocenters. The Labute approximate surface area is 154 Å². The van der Waals surface area contributed by atoms with Crippen molar-refractivity contribution in [2.75, 3.05) is 11.1 Å². The third-order valence-corrected chi connectivity index (χ3v) is 4.51. The molecule has 0 aliphatic rings. The largest absolute Gasteiger partial charge is 0.325 e. The van der Waals surface area contributed by atoms with Crippen LogP contribution >= 0.6 is 11.8 Å². The van der Waals surface area contributed by atoms with E-state index in [9.17, 15) is 9.18 Å². The molecule has 0 fully saturated rings. The summed E-state index contributed by atoms with van der Waals surface area (Å²) >= 11 is 1.32. The molecule has 1 amide bonds. The summed E-state index contributed by atoms with van der Waals surface area (Å²) in [7, 11) is 0. The minimum Gasteiger partial charge on any atom is -0.325 e. The first-order chi connectivity index (χ1) is 12.7. The van der Waals surface area contributed by atoms with Crippen LogP contribution in [-0.4, -0.2) is 31.4 Å². The Bertz CT molecular complexity index is 867. The predicted molar refractivity (Wildman–Crippen MR) is 99.3 cm³/mol. The SMILES string of the molecule is CCCn1c(SCC(=O)Nc2ccc(F)cc2)nnc1-c1cccnc1. The highest BCUT2D eigenvalue weighted by molar-refractivity contribution is 7.99. The maximum atomic E-state index is 12.9. The van der Waals surface area contributed by atoms with Crippen molar-refractivity contribution in [3.63, 3.8) is 0 Å². The van der Waals surface area contributed by atoms with Gasteiger partial charge in [-0.3, -0.25) is 9.78 Å². The zero-order chi connectivity index (χ0) is 18.4. The highest BCUT2D eigenvalue weighted by Crippen LogP contribution is 2.24. The number of carbonyl (C=O) groups is 1. The zero-order valence-electron chi connectivity index (χ0n) is 14.2. The molecule has 0 saturated heterocycles. The Morgan fingerprint density at radius 1 is 1.23 bits per heavy atom. The Hall–Kier alpha value is -2.74. The molecule has 0 aliphatic heterocycles. The van der Waals surface area contributed by atoms with E-state index in [-0.39, 0.29) is 17.5 Å². The molecule has 134 valence electrons. The average molecular weight is 371 g/mol. The van der Waals surface area contributed by atoms with Crippen molar-refractivity contribution in [3.8, 4) is 11.4 Å². The van der Waals surface area contributed by atoms with Crippen molar-refractivity contribution in [1.29, 1.82) is 0 Å². The number of halogens is 1. The van der Waals surface area contributed by atoms with E-state index in [0.29, 0.717) is 10.8 Å². The molecular weight excluding hydrogens is 353 g/mol. The third-order valence-electron chi connectivity index (χ3n) is 3.54. The second kappa shape index (κ2) is 8.57. The zero-order valence-corrected chi connectivity index (χ0v) is 15.0. The number of hydrogen-bond acceptors (Lipinski definition) is 5. The summed E-state index contributed by atoms with van der Waals surface area (Å²) in [6, 6.07) is 9.44. The molecule has 26 heavy (non-hydrogen) atoms. The van der Waals surface area contributed by atoms with Crippen LogP contribution in [0.3, 0.4) is 0 Å². The van der Waals surface area contributed by atoms with Gasteiger partial charge in [-0.25, -0.2) is 4.39 Å². The van der Waals surface area contributed by atoms with Gasteiger partial charge in [0.25, 0.3) is 0 Å². The van der Waals surface area contributed by atoms with E-state index in [2.05, 4.69) is 27.4 Å². The van der Waals surface area contributed by atoms with Gasteiger partial charge in [0.2, 0.25) is 5.91 Å². The molecule has 2 aromatic heterocycles. The van der Waals surface area contributed by atoms with Gasteiger partial charge in [0.1, 0.15) is 5.82 Å². The van der Waals surface area contributed by atoms with Gasteiger partial charge in [0.15, 0.2) is 11.0 Å². The van der Waals surface area contributed by atoms with Gasteiger partial charge < -0.3 is 9.88 Å². The lowest BCUT2D eigenvalue weighted by molar-refractivity contribution is -0.113. The number of benzene rings is 1. The molecule has 0 radical (unpaired) electrons. The summed E-state index contributed by atoms with van der Waals surface area (Å²) < 4.78 is 14.9. The maximum absolute atomic E-state index is 12.9. The lowest BCUT2D eigenvalue weighted by Gasteiger charge is -2.09. The molecule has 0 bridgehead atoms. The standard InChI is InChI=1S/C18H18FN5OS/c1-2-10-24-17(13-4-3-9-20-11-13)22-23-18(24)26-12-16(25)21-15-7-5-14(19)6-8-15/h3-9,11H,2,10,12H2,1H3,(H,21,25). The van der Waals surface area contributed by atoms with E-state index in [1.807, 2.05) is 16.7 Å². The van der Waals surface area contributed by atoms with E-state index < -0.39 is 0 Å². The van der Waals surface area contributed by atoms with Crippen LogP contribution in [0.25, 0.3) is 11.4 Å². The molecule has 0 aliphatic carbocycles. The number of rotatable bonds is 7. The Morgan fingerprint density at radius 2 is 2.04 bits per heavy atom. The summed E-state index contributed by atoms with van der Waals surface area (Å²) in [6.07, 6.45) is 4.37. The molecule has 3 aromatic rings. The van der Waals surface area contributed by atoms with Crippen molar-refractivity contribution in [1.82, 2.24) is 19.7 Å². The Balaban J connectivity index is 1.68. The minimum absolute atomic E-state index is 0.185. The van der Waals surface area contributed by atoms with Gasteiger partial charge in [-0.15, -0.1) is 10.2 Å². The molecule has 0 saturated carbocycles. The quantitative estimate of drug-likeness (QED) is 0.642. The normalized spacial score (nSPS) is 10.7. The number of pyridine rings is 1. The molecular formula is C18H18FN5OS. The molecule has 0 spiro atoms. The van der Waals surface area contributed by atoms with Gasteiger partial charge in [0, 0.05) is 30.2 Å². The molecule has 1 aromatic carbocycles. The summed E-state index contributed by atoms with van der Waals surface area (Å²) in [4.78, 5) is 16.2. The van der Waals surface area contributed by atoms with Crippen LogP contribution in [0, 0.1) is 5.82 Å². The second-order valence-electron chi connectivity index (χ2n) is 5.54. The number of hydrogen-bond donors (Lipinski definition) is 1. The van der Waals surface area contributed by atoms with Crippen LogP contribution in [0.4, 0.5) is 10.1 Å². The van der Waals surface area contributed by atoms with Gasteiger partial charge in [-0.2, -0.15) is 0 Å². The predicted octanol–water partition coefficient (Wildman–Crippen LogP) is 3.62. The summed E-state index contributed by atoms with van der Waals surface area (Å²) in [6.45, 7) is 2.82. The monoisotopic (exact) mass is 371 g/mol. The second-order valence-corrected chi connectivity index (χ2v) is 6.49. The Morgan fingerprint density at radius 3 is 2.73 bits per heavy atom. The van der Waals surface area contributed by atoms with E-state index in [4.69, 9.17) is 0 Å². The summed E-state index contributed by atoms with van der Waals surface area (Å²) in [5.74, 6) is 0.400. The van der Waals surface area contributed by atoms with Crippen LogP contribution in [0.2, 0.25) is 0 Å². The summed E-state index contributed by atoms with van der Waals surface area (Å²) in [5, 5.41) is 11.9. The van der Waals surface area contributed by atoms with E-state index in [0.717, 1.165) is 24.4 Å². The van der Waals surface area contributed by atoms with Crippen molar-refractivity contribution < 1.29 is 9.18 Å². The number of amides is 1. The highest BCUT2D eigenvalue weighted by atomic mass is 32.2. The van der Waals surface area contributed by atoms with Gasteiger partial charge in [0.05, 0.1) is 5.75 Å². The van der Waals surface area contributed by atoms with Crippen LogP contribution in [0.15, 0.2) is 53.9 Å². The van der Waals surface area contributed by atoms with Crippen molar-refractivity contribution in [2.45, 2.75) is 25.0 Å². The van der Waals surface area contributed by atoms with Gasteiger partial charge in [-0.1, -0.05) is 18.7 Å². The van der Waals surface area contributed by atoms with E-state index in [1.54, 1.807) is 12.4 Å². The first-order valence-corrected chi connectivity index (χ1v) is 9.17. The van der Waals surface area contributed by atoms with E-state index >= 15 is 0 Å². The molecule has 1 N–H and O–H groups in total. The average Bonchev–Trinajstić information content (AvgIpc) is 3.06. The minimum atomic E-state index is -0.340. The first kappa shape index (κ1) is 18.1. The van der Waals surface area contributed by atoms with Crippen molar-refractivity contribution in [2.24, 2.45) is 0 Å². The fraction of sp³-hybridized carbons (Fsp3) is 0.222. The lowest BCUT2D eigenvalue weighted by Crippen LogP contribution is -2.14. The van der Waals surface area contributed by atoms with Crippen LogP contribution in [-0.2, 0) is 11.3 Å². The van der Waals surface area contributed by atoms with E-state index in [1.165, 1.54) is 36.0 Å². The number of carbonyl (C=O) groups excluding carboxylic acids is 1. The van der Waals surface area contributed by atoms with Crippen LogP contribution in [0.5, 0.6) is 0 Å². The van der Waals surface area contributed by atoms with Crippen molar-refractivity contribution >= 4 is 23.4 Å². The molecule has 2 heterocycles. The topological polar surface area (TPSA) is 72.7 Å². The lowest BCUT2D eigenvalue weighted by atomic mass is 10.2. The number of nitrogens with zero attached hydrogens (tertiary/aromatic N) is 4. The van der Waals surface area contributed by atoms with Crippen LogP contribution < -0.4 is 5.32 Å². The fourth-order valence-electron chi connectivity index (χ4n) is 2.39. The van der Waals surface area contributed by atoms with Gasteiger partial charge >= 0.3 is 0 Å². The third kappa shape index (κ3) is 4.45. The number of aromatic nitrogens is 4. The Kier molecular flexibility index (Phi) is 5.96. The molecule has 6 nitrogen and oxygen atoms in total. The number of anilines is 1. The first-order valence-electron chi connectivity index (χ1n) is 8.19. The molecule has 8 heteroatoms. The molecule has 0 unspecified atom stereocenters. The van der Waals surface area contributed by atoms with Crippen molar-refractivity contribution in [3.05, 3.63) is 54.6 Å². The van der Waals surface area contributed by atoms with Crippen LogP contribution in [0.1, 0.15) is 13.3 Å². The highest BCUT2D eigenvalue weighted by Gasteiger charge is 2.15. The maximum Gasteiger partial charge on any atom is 0.234 e. The smallest absolute Gasteiger partial charge is 0.234 e. The number of nitrogens with one attached hydrogen (secondary N) is 1. The van der Waals surface area contributed by atoms with Gasteiger partial charge in [-0.05, 0) is 42.8 Å².